The van der Waals surface area contributed by atoms with E-state index in [1.807, 2.05) is 0 Å². The van der Waals surface area contributed by atoms with E-state index in [0.717, 1.165) is 0 Å². The molecule has 0 spiro atoms. The lowest BCUT2D eigenvalue weighted by atomic mass is 10.2. The van der Waals surface area contributed by atoms with Crippen molar-refractivity contribution < 1.29 is 27.5 Å². The minimum atomic E-state index is -3.94. The van der Waals surface area contributed by atoms with Crippen LogP contribution in [0.5, 0.6) is 11.5 Å². The SMILES string of the molecule is COc1ccc(NC(=O)[C@H](C)NS(=O)(=O)c2ccc(NC(C)=O)cc2)c(OC)c1. The van der Waals surface area contributed by atoms with Gasteiger partial charge in [0.15, 0.2) is 0 Å². The fourth-order valence-corrected chi connectivity index (χ4v) is 3.62. The molecule has 2 aromatic rings. The summed E-state index contributed by atoms with van der Waals surface area (Å²) >= 11 is 0. The van der Waals surface area contributed by atoms with E-state index in [0.29, 0.717) is 22.9 Å². The molecule has 156 valence electrons. The molecule has 29 heavy (non-hydrogen) atoms. The Balaban J connectivity index is 2.09. The van der Waals surface area contributed by atoms with Crippen LogP contribution < -0.4 is 24.8 Å². The zero-order chi connectivity index (χ0) is 21.6. The number of rotatable bonds is 8. The van der Waals surface area contributed by atoms with Crippen molar-refractivity contribution >= 4 is 33.2 Å². The van der Waals surface area contributed by atoms with Crippen molar-refractivity contribution in [2.75, 3.05) is 24.9 Å². The molecular weight excluding hydrogens is 398 g/mol. The lowest BCUT2D eigenvalue weighted by Crippen LogP contribution is -2.41. The van der Waals surface area contributed by atoms with E-state index in [2.05, 4.69) is 15.4 Å². The minimum Gasteiger partial charge on any atom is -0.497 e. The number of hydrogen-bond acceptors (Lipinski definition) is 6. The molecule has 2 amide bonds. The Morgan fingerprint density at radius 2 is 1.62 bits per heavy atom. The predicted octanol–water partition coefficient (Wildman–Crippen LogP) is 1.97. The summed E-state index contributed by atoms with van der Waals surface area (Å²) in [6.07, 6.45) is 0. The Morgan fingerprint density at radius 3 is 2.17 bits per heavy atom. The monoisotopic (exact) mass is 421 g/mol. The lowest BCUT2D eigenvalue weighted by Gasteiger charge is -2.16. The summed E-state index contributed by atoms with van der Waals surface area (Å²) in [4.78, 5) is 23.5. The lowest BCUT2D eigenvalue weighted by molar-refractivity contribution is -0.117. The Hall–Kier alpha value is -3.11. The highest BCUT2D eigenvalue weighted by molar-refractivity contribution is 7.89. The second-order valence-electron chi connectivity index (χ2n) is 6.10. The average Bonchev–Trinajstić information content (AvgIpc) is 2.67. The number of anilines is 2. The van der Waals surface area contributed by atoms with Crippen LogP contribution in [0.1, 0.15) is 13.8 Å². The largest absolute Gasteiger partial charge is 0.497 e. The standard InChI is InChI=1S/C19H23N3O6S/c1-12(19(24)21-17-10-7-15(27-3)11-18(17)28-4)22-29(25,26)16-8-5-14(6-9-16)20-13(2)23/h5-12,22H,1-4H3,(H,20,23)(H,21,24)/t12-/m0/s1. The smallest absolute Gasteiger partial charge is 0.242 e. The van der Waals surface area contributed by atoms with Crippen molar-refractivity contribution in [2.45, 2.75) is 24.8 Å². The Bertz CT molecular complexity index is 990. The highest BCUT2D eigenvalue weighted by Gasteiger charge is 2.23. The fourth-order valence-electron chi connectivity index (χ4n) is 2.42. The highest BCUT2D eigenvalue weighted by atomic mass is 32.2. The van der Waals surface area contributed by atoms with Gasteiger partial charge in [0, 0.05) is 18.7 Å². The summed E-state index contributed by atoms with van der Waals surface area (Å²) in [6, 6.07) is 9.38. The van der Waals surface area contributed by atoms with Crippen LogP contribution in [-0.4, -0.2) is 40.5 Å². The van der Waals surface area contributed by atoms with Gasteiger partial charge in [0.05, 0.1) is 30.8 Å². The molecule has 0 unspecified atom stereocenters. The van der Waals surface area contributed by atoms with Gasteiger partial charge in [-0.25, -0.2) is 8.42 Å². The summed E-state index contributed by atoms with van der Waals surface area (Å²) in [5.41, 5.74) is 0.845. The molecule has 3 N–H and O–H groups in total. The zero-order valence-electron chi connectivity index (χ0n) is 16.5. The van der Waals surface area contributed by atoms with Crippen LogP contribution in [0.25, 0.3) is 0 Å². The van der Waals surface area contributed by atoms with E-state index in [-0.39, 0.29) is 10.8 Å². The first-order valence-electron chi connectivity index (χ1n) is 8.59. The molecule has 0 radical (unpaired) electrons. The van der Waals surface area contributed by atoms with Crippen molar-refractivity contribution in [1.29, 1.82) is 0 Å². The van der Waals surface area contributed by atoms with E-state index in [4.69, 9.17) is 9.47 Å². The molecule has 9 nitrogen and oxygen atoms in total. The maximum Gasteiger partial charge on any atom is 0.242 e. The molecule has 0 aliphatic rings. The van der Waals surface area contributed by atoms with Crippen molar-refractivity contribution in [1.82, 2.24) is 4.72 Å². The van der Waals surface area contributed by atoms with Crippen molar-refractivity contribution in [3.05, 3.63) is 42.5 Å². The Labute approximate surface area is 169 Å². The number of carbonyl (C=O) groups is 2. The second-order valence-corrected chi connectivity index (χ2v) is 7.82. The first kappa shape index (κ1) is 22.2. The van der Waals surface area contributed by atoms with Gasteiger partial charge < -0.3 is 20.1 Å². The third-order valence-corrected chi connectivity index (χ3v) is 5.43. The van der Waals surface area contributed by atoms with Gasteiger partial charge in [0.2, 0.25) is 21.8 Å². The number of hydrogen-bond donors (Lipinski definition) is 3. The van der Waals surface area contributed by atoms with Crippen LogP contribution in [0.15, 0.2) is 47.4 Å². The highest BCUT2D eigenvalue weighted by Crippen LogP contribution is 2.29. The summed E-state index contributed by atoms with van der Waals surface area (Å²) in [6.45, 7) is 2.78. The molecule has 0 aliphatic carbocycles. The van der Waals surface area contributed by atoms with Gasteiger partial charge in [-0.3, -0.25) is 9.59 Å². The minimum absolute atomic E-state index is 0.0340. The topological polar surface area (TPSA) is 123 Å². The number of amides is 2. The number of sulfonamides is 1. The van der Waals surface area contributed by atoms with E-state index < -0.39 is 22.0 Å². The quantitative estimate of drug-likeness (QED) is 0.599. The van der Waals surface area contributed by atoms with Crippen LogP contribution in [0, 0.1) is 0 Å². The zero-order valence-corrected chi connectivity index (χ0v) is 17.3. The van der Waals surface area contributed by atoms with Gasteiger partial charge >= 0.3 is 0 Å². The Morgan fingerprint density at radius 1 is 0.966 bits per heavy atom. The first-order chi connectivity index (χ1) is 13.7. The van der Waals surface area contributed by atoms with Gasteiger partial charge in [0.25, 0.3) is 0 Å². The molecule has 10 heteroatoms. The third-order valence-electron chi connectivity index (χ3n) is 3.88. The Kier molecular flexibility index (Phi) is 7.18. The van der Waals surface area contributed by atoms with Crippen molar-refractivity contribution in [3.8, 4) is 11.5 Å². The molecule has 2 rings (SSSR count). The molecule has 0 heterocycles. The molecular formula is C19H23N3O6S. The third kappa shape index (κ3) is 5.93. The summed E-state index contributed by atoms with van der Waals surface area (Å²) in [5.74, 6) is 0.0996. The number of benzene rings is 2. The van der Waals surface area contributed by atoms with Crippen molar-refractivity contribution in [2.24, 2.45) is 0 Å². The fraction of sp³-hybridized carbons (Fsp3) is 0.263. The van der Waals surface area contributed by atoms with Crippen molar-refractivity contribution in [3.63, 3.8) is 0 Å². The second kappa shape index (κ2) is 9.39. The molecule has 0 saturated heterocycles. The number of carbonyl (C=O) groups excluding carboxylic acids is 2. The maximum atomic E-state index is 12.5. The van der Waals surface area contributed by atoms with Crippen LogP contribution in [-0.2, 0) is 19.6 Å². The van der Waals surface area contributed by atoms with Crippen LogP contribution in [0.2, 0.25) is 0 Å². The normalized spacial score (nSPS) is 12.0. The average molecular weight is 421 g/mol. The summed E-state index contributed by atoms with van der Waals surface area (Å²) < 4.78 is 37.7. The molecule has 0 aliphatic heterocycles. The molecule has 0 saturated carbocycles. The first-order valence-corrected chi connectivity index (χ1v) is 10.1. The van der Waals surface area contributed by atoms with Gasteiger partial charge in [-0.1, -0.05) is 0 Å². The molecule has 1 atom stereocenters. The maximum absolute atomic E-state index is 12.5. The van der Waals surface area contributed by atoms with E-state index in [9.17, 15) is 18.0 Å². The van der Waals surface area contributed by atoms with Gasteiger partial charge in [-0.05, 0) is 43.3 Å². The number of nitrogens with one attached hydrogen (secondary N) is 3. The summed E-state index contributed by atoms with van der Waals surface area (Å²) in [5, 5.41) is 5.17. The van der Waals surface area contributed by atoms with E-state index >= 15 is 0 Å². The van der Waals surface area contributed by atoms with E-state index in [1.54, 1.807) is 18.2 Å². The predicted molar refractivity (Wildman–Crippen MR) is 109 cm³/mol. The molecule has 0 aromatic heterocycles. The molecule has 0 fully saturated rings. The van der Waals surface area contributed by atoms with Crippen LogP contribution >= 0.6 is 0 Å². The van der Waals surface area contributed by atoms with E-state index in [1.165, 1.54) is 52.3 Å². The van der Waals surface area contributed by atoms with Gasteiger partial charge in [0.1, 0.15) is 11.5 Å². The van der Waals surface area contributed by atoms with Gasteiger partial charge in [-0.2, -0.15) is 4.72 Å². The number of ether oxygens (including phenoxy) is 2. The molecule has 0 bridgehead atoms. The molecule has 2 aromatic carbocycles. The van der Waals surface area contributed by atoms with Gasteiger partial charge in [-0.15, -0.1) is 0 Å². The summed E-state index contributed by atoms with van der Waals surface area (Å²) in [7, 11) is -0.991. The van der Waals surface area contributed by atoms with Crippen LogP contribution in [0.4, 0.5) is 11.4 Å². The van der Waals surface area contributed by atoms with Crippen LogP contribution in [0.3, 0.4) is 0 Å². The number of methoxy groups -OCH3 is 2.